The van der Waals surface area contributed by atoms with Crippen molar-refractivity contribution in [1.82, 2.24) is 4.31 Å². The zero-order valence-electron chi connectivity index (χ0n) is 11.6. The van der Waals surface area contributed by atoms with Crippen LogP contribution in [-0.4, -0.2) is 39.0 Å². The number of ether oxygens (including phenoxy) is 1. The Morgan fingerprint density at radius 2 is 2.05 bits per heavy atom. The number of nitrogens with one attached hydrogen (secondary N) is 1. The third-order valence-corrected chi connectivity index (χ3v) is 5.30. The molecule has 1 aliphatic rings. The second kappa shape index (κ2) is 6.53. The summed E-state index contributed by atoms with van der Waals surface area (Å²) in [5.74, 6) is 5.27. The summed E-state index contributed by atoms with van der Waals surface area (Å²) in [5, 5.41) is 0. The molecule has 112 valence electrons. The Hall–Kier alpha value is -1.15. The average Bonchev–Trinajstić information content (AvgIpc) is 2.48. The minimum Gasteiger partial charge on any atom is -0.377 e. The first kappa shape index (κ1) is 15.2. The lowest BCUT2D eigenvalue weighted by Crippen LogP contribution is -2.37. The van der Waals surface area contributed by atoms with E-state index in [1.165, 1.54) is 4.31 Å². The molecule has 1 saturated heterocycles. The van der Waals surface area contributed by atoms with Gasteiger partial charge in [0.15, 0.2) is 0 Å². The number of sulfonamides is 1. The van der Waals surface area contributed by atoms with E-state index in [-0.39, 0.29) is 11.0 Å². The van der Waals surface area contributed by atoms with Crippen LogP contribution >= 0.6 is 0 Å². The molecular formula is C13H21N3O3S. The Morgan fingerprint density at radius 3 is 2.60 bits per heavy atom. The molecule has 2 rings (SSSR count). The number of likely N-dealkylation sites (N-methyl/N-ethyl adjacent to an activating group) is 1. The molecule has 1 atom stereocenters. The van der Waals surface area contributed by atoms with Crippen molar-refractivity contribution < 1.29 is 13.2 Å². The molecule has 0 amide bonds. The van der Waals surface area contributed by atoms with Crippen LogP contribution in [0.25, 0.3) is 0 Å². The SMILES string of the molecule is CN(CC1CCCCO1)S(=O)(=O)c1ccc(NN)cc1. The fourth-order valence-corrected chi connectivity index (χ4v) is 3.44. The lowest BCUT2D eigenvalue weighted by molar-refractivity contribution is 0.00858. The van der Waals surface area contributed by atoms with Crippen molar-refractivity contribution in [2.75, 3.05) is 25.6 Å². The highest BCUT2D eigenvalue weighted by molar-refractivity contribution is 7.89. The standard InChI is InChI=1S/C13H21N3O3S/c1-16(10-12-4-2-3-9-19-12)20(17,18)13-7-5-11(15-14)6-8-13/h5-8,12,15H,2-4,9-10,14H2,1H3. The number of hydrogen-bond acceptors (Lipinski definition) is 5. The highest BCUT2D eigenvalue weighted by Crippen LogP contribution is 2.20. The Balaban J connectivity index is 2.07. The van der Waals surface area contributed by atoms with E-state index in [0.29, 0.717) is 12.2 Å². The Morgan fingerprint density at radius 1 is 1.35 bits per heavy atom. The predicted molar refractivity (Wildman–Crippen MR) is 77.7 cm³/mol. The maximum absolute atomic E-state index is 12.4. The van der Waals surface area contributed by atoms with Gasteiger partial charge in [-0.3, -0.25) is 5.84 Å². The molecule has 0 radical (unpaired) electrons. The van der Waals surface area contributed by atoms with Crippen molar-refractivity contribution in [3.8, 4) is 0 Å². The molecule has 1 unspecified atom stereocenters. The summed E-state index contributed by atoms with van der Waals surface area (Å²) in [4.78, 5) is 0.259. The highest BCUT2D eigenvalue weighted by Gasteiger charge is 2.25. The van der Waals surface area contributed by atoms with Gasteiger partial charge in [0.05, 0.1) is 11.0 Å². The Bertz CT molecular complexity index is 524. The number of hydrogen-bond donors (Lipinski definition) is 2. The molecule has 0 spiro atoms. The summed E-state index contributed by atoms with van der Waals surface area (Å²) in [6, 6.07) is 6.36. The van der Waals surface area contributed by atoms with Gasteiger partial charge in [0.1, 0.15) is 0 Å². The van der Waals surface area contributed by atoms with Crippen molar-refractivity contribution >= 4 is 15.7 Å². The Labute approximate surface area is 119 Å². The van der Waals surface area contributed by atoms with Gasteiger partial charge in [0.2, 0.25) is 10.0 Å². The number of rotatable bonds is 5. The number of hydrazine groups is 1. The van der Waals surface area contributed by atoms with Gasteiger partial charge in [-0.2, -0.15) is 4.31 Å². The molecule has 6 nitrogen and oxygen atoms in total. The predicted octanol–water partition coefficient (Wildman–Crippen LogP) is 1.16. The van der Waals surface area contributed by atoms with Gasteiger partial charge in [0, 0.05) is 25.9 Å². The van der Waals surface area contributed by atoms with Crippen LogP contribution in [0.5, 0.6) is 0 Å². The second-order valence-corrected chi connectivity index (χ2v) is 6.99. The zero-order valence-corrected chi connectivity index (χ0v) is 12.4. The van der Waals surface area contributed by atoms with Crippen LogP contribution in [-0.2, 0) is 14.8 Å². The normalized spacial score (nSPS) is 20.1. The maximum Gasteiger partial charge on any atom is 0.242 e. The second-order valence-electron chi connectivity index (χ2n) is 4.94. The van der Waals surface area contributed by atoms with Crippen molar-refractivity contribution in [1.29, 1.82) is 0 Å². The summed E-state index contributed by atoms with van der Waals surface area (Å²) in [7, 11) is -1.89. The van der Waals surface area contributed by atoms with Gasteiger partial charge in [0.25, 0.3) is 0 Å². The molecule has 0 saturated carbocycles. The Kier molecular flexibility index (Phi) is 4.98. The lowest BCUT2D eigenvalue weighted by atomic mass is 10.1. The number of benzene rings is 1. The molecule has 1 aliphatic heterocycles. The van der Waals surface area contributed by atoms with Gasteiger partial charge in [-0.1, -0.05) is 0 Å². The van der Waals surface area contributed by atoms with E-state index in [2.05, 4.69) is 5.43 Å². The third-order valence-electron chi connectivity index (χ3n) is 3.46. The largest absolute Gasteiger partial charge is 0.377 e. The topological polar surface area (TPSA) is 84.7 Å². The van der Waals surface area contributed by atoms with Crippen LogP contribution in [0.4, 0.5) is 5.69 Å². The van der Waals surface area contributed by atoms with Crippen LogP contribution in [0, 0.1) is 0 Å². The first-order valence-electron chi connectivity index (χ1n) is 6.68. The van der Waals surface area contributed by atoms with E-state index in [1.54, 1.807) is 31.3 Å². The first-order valence-corrected chi connectivity index (χ1v) is 8.12. The molecule has 1 fully saturated rings. The molecule has 1 aromatic carbocycles. The number of nitrogen functional groups attached to an aromatic ring is 1. The van der Waals surface area contributed by atoms with Gasteiger partial charge < -0.3 is 10.2 Å². The number of nitrogens with two attached hydrogens (primary N) is 1. The van der Waals surface area contributed by atoms with E-state index in [1.807, 2.05) is 0 Å². The smallest absolute Gasteiger partial charge is 0.242 e. The summed E-state index contributed by atoms with van der Waals surface area (Å²) >= 11 is 0. The summed E-state index contributed by atoms with van der Waals surface area (Å²) < 4.78 is 31.8. The molecule has 0 aromatic heterocycles. The van der Waals surface area contributed by atoms with Gasteiger partial charge in [-0.15, -0.1) is 0 Å². The monoisotopic (exact) mass is 299 g/mol. The van der Waals surface area contributed by atoms with Crippen LogP contribution in [0.15, 0.2) is 29.2 Å². The molecule has 7 heteroatoms. The number of anilines is 1. The average molecular weight is 299 g/mol. The molecule has 1 aromatic rings. The van der Waals surface area contributed by atoms with Gasteiger partial charge >= 0.3 is 0 Å². The fraction of sp³-hybridized carbons (Fsp3) is 0.538. The first-order chi connectivity index (χ1) is 9.54. The fourth-order valence-electron chi connectivity index (χ4n) is 2.24. The van der Waals surface area contributed by atoms with Crippen LogP contribution in [0.2, 0.25) is 0 Å². The van der Waals surface area contributed by atoms with Crippen LogP contribution < -0.4 is 11.3 Å². The van der Waals surface area contributed by atoms with Crippen LogP contribution in [0.1, 0.15) is 19.3 Å². The highest BCUT2D eigenvalue weighted by atomic mass is 32.2. The van der Waals surface area contributed by atoms with Gasteiger partial charge in [-0.05, 0) is 43.5 Å². The summed E-state index contributed by atoms with van der Waals surface area (Å²) in [6.07, 6.45) is 3.06. The minimum absolute atomic E-state index is 0.00601. The molecule has 20 heavy (non-hydrogen) atoms. The van der Waals surface area contributed by atoms with Crippen molar-refractivity contribution in [3.63, 3.8) is 0 Å². The van der Waals surface area contributed by atoms with Crippen molar-refractivity contribution in [2.45, 2.75) is 30.3 Å². The van der Waals surface area contributed by atoms with Crippen molar-refractivity contribution in [3.05, 3.63) is 24.3 Å². The summed E-state index contributed by atoms with van der Waals surface area (Å²) in [6.45, 7) is 1.11. The van der Waals surface area contributed by atoms with Crippen molar-refractivity contribution in [2.24, 2.45) is 5.84 Å². The minimum atomic E-state index is -3.48. The van der Waals surface area contributed by atoms with E-state index >= 15 is 0 Å². The van der Waals surface area contributed by atoms with E-state index in [9.17, 15) is 8.42 Å². The molecular weight excluding hydrogens is 278 g/mol. The molecule has 3 N–H and O–H groups in total. The van der Waals surface area contributed by atoms with E-state index in [0.717, 1.165) is 25.9 Å². The van der Waals surface area contributed by atoms with E-state index < -0.39 is 10.0 Å². The summed E-state index contributed by atoms with van der Waals surface area (Å²) in [5.41, 5.74) is 3.14. The third kappa shape index (κ3) is 3.49. The molecule has 1 heterocycles. The van der Waals surface area contributed by atoms with Gasteiger partial charge in [-0.25, -0.2) is 8.42 Å². The number of nitrogens with zero attached hydrogens (tertiary/aromatic N) is 1. The van der Waals surface area contributed by atoms with E-state index in [4.69, 9.17) is 10.6 Å². The zero-order chi connectivity index (χ0) is 14.6. The quantitative estimate of drug-likeness (QED) is 0.629. The molecule has 0 aliphatic carbocycles. The lowest BCUT2D eigenvalue weighted by Gasteiger charge is -2.27. The maximum atomic E-state index is 12.4. The molecule has 0 bridgehead atoms. The van der Waals surface area contributed by atoms with Crippen LogP contribution in [0.3, 0.4) is 0 Å².